The molecular weight excluding hydrogens is 503 g/mol. The molecule has 1 saturated heterocycles. The lowest BCUT2D eigenvalue weighted by atomic mass is 10.1. The maximum atomic E-state index is 5.37. The van der Waals surface area contributed by atoms with E-state index in [4.69, 9.17) is 4.74 Å². The second-order valence-electron chi connectivity index (χ2n) is 8.45. The largest absolute Gasteiger partial charge is 0.497 e. The molecule has 1 unspecified atom stereocenters. The van der Waals surface area contributed by atoms with E-state index in [1.165, 1.54) is 17.7 Å². The van der Waals surface area contributed by atoms with E-state index in [1.807, 2.05) is 24.8 Å². The number of rotatable bonds is 7. The quantitative estimate of drug-likeness (QED) is 0.330. The van der Waals surface area contributed by atoms with Crippen molar-refractivity contribution >= 4 is 35.6 Å². The predicted molar refractivity (Wildman–Crippen MR) is 139 cm³/mol. The molecule has 0 bridgehead atoms. The molecule has 1 aliphatic rings. The highest BCUT2D eigenvalue weighted by atomic mass is 127. The summed E-state index contributed by atoms with van der Waals surface area (Å²) < 4.78 is 7.27. The van der Waals surface area contributed by atoms with E-state index >= 15 is 0 Å². The fourth-order valence-electron chi connectivity index (χ4n) is 4.15. The molecule has 3 rings (SSSR count). The molecule has 1 aromatic carbocycles. The minimum absolute atomic E-state index is 0. The van der Waals surface area contributed by atoms with Crippen LogP contribution in [0.5, 0.6) is 5.75 Å². The summed E-state index contributed by atoms with van der Waals surface area (Å²) >= 11 is 0. The Labute approximate surface area is 203 Å². The maximum Gasteiger partial charge on any atom is 0.193 e. The Balaban J connectivity index is 0.00000341. The second-order valence-corrected chi connectivity index (χ2v) is 8.45. The highest BCUT2D eigenvalue weighted by Gasteiger charge is 2.24. The molecule has 1 fully saturated rings. The summed E-state index contributed by atoms with van der Waals surface area (Å²) in [6.07, 6.45) is 3.28. The zero-order chi connectivity index (χ0) is 21.7. The number of guanidine groups is 1. The van der Waals surface area contributed by atoms with Crippen molar-refractivity contribution in [1.82, 2.24) is 20.0 Å². The number of halogens is 1. The van der Waals surface area contributed by atoms with Gasteiger partial charge in [-0.15, -0.1) is 24.0 Å². The molecule has 1 aromatic heterocycles. The molecule has 2 heterocycles. The third-order valence-electron chi connectivity index (χ3n) is 5.72. The Kier molecular flexibility index (Phi) is 9.46. The molecule has 8 heteroatoms. The number of nitrogens with one attached hydrogen (secondary N) is 1. The molecule has 172 valence electrons. The molecule has 7 nitrogen and oxygen atoms in total. The summed E-state index contributed by atoms with van der Waals surface area (Å²) in [5.74, 6) is 2.83. The first kappa shape index (κ1) is 25.3. The van der Waals surface area contributed by atoms with Crippen LogP contribution in [0.2, 0.25) is 0 Å². The number of aromatic nitrogens is 2. The second kappa shape index (κ2) is 11.6. The van der Waals surface area contributed by atoms with E-state index in [-0.39, 0.29) is 24.0 Å². The van der Waals surface area contributed by atoms with Crippen LogP contribution >= 0.6 is 24.0 Å². The number of methoxy groups -OCH3 is 1. The Hall–Kier alpha value is -1.97. The van der Waals surface area contributed by atoms with E-state index in [0.29, 0.717) is 11.8 Å². The van der Waals surface area contributed by atoms with Gasteiger partial charge in [-0.3, -0.25) is 9.67 Å². The smallest absolute Gasteiger partial charge is 0.193 e. The number of hydrogen-bond acceptors (Lipinski definition) is 4. The molecular formula is C23H37IN6O. The van der Waals surface area contributed by atoms with Crippen LogP contribution < -0.4 is 15.0 Å². The van der Waals surface area contributed by atoms with Crippen molar-refractivity contribution in [2.75, 3.05) is 45.7 Å². The minimum Gasteiger partial charge on any atom is -0.497 e. The Morgan fingerprint density at radius 1 is 1.39 bits per heavy atom. The number of benzene rings is 1. The molecule has 1 atom stereocenters. The third kappa shape index (κ3) is 6.51. The zero-order valence-electron chi connectivity index (χ0n) is 19.6. The first-order chi connectivity index (χ1) is 14.4. The van der Waals surface area contributed by atoms with Crippen LogP contribution in [0.15, 0.2) is 35.5 Å². The standard InChI is InChI=1S/C23H36N6O.HI/c1-17(2)22-19(16-28(5)26-22)15-27(4)23(24-3)25-13-18-10-11-29(14-18)20-8-7-9-21(12-20)30-6;/h7-9,12,16-18H,10-11,13-15H2,1-6H3,(H,24,25);1H. The van der Waals surface area contributed by atoms with Crippen molar-refractivity contribution in [2.45, 2.75) is 32.7 Å². The number of hydrogen-bond donors (Lipinski definition) is 1. The van der Waals surface area contributed by atoms with Crippen molar-refractivity contribution in [1.29, 1.82) is 0 Å². The number of nitrogens with zero attached hydrogens (tertiary/aromatic N) is 5. The van der Waals surface area contributed by atoms with Gasteiger partial charge in [0.25, 0.3) is 0 Å². The Bertz CT molecular complexity index is 866. The molecule has 0 aliphatic carbocycles. The Morgan fingerprint density at radius 2 is 2.16 bits per heavy atom. The van der Waals surface area contributed by atoms with Crippen molar-refractivity contribution in [3.63, 3.8) is 0 Å². The fourth-order valence-corrected chi connectivity index (χ4v) is 4.15. The lowest BCUT2D eigenvalue weighted by molar-refractivity contribution is 0.415. The molecule has 0 saturated carbocycles. The molecule has 0 radical (unpaired) electrons. The van der Waals surface area contributed by atoms with Gasteiger partial charge in [0.2, 0.25) is 0 Å². The van der Waals surface area contributed by atoms with Crippen LogP contribution in [0, 0.1) is 5.92 Å². The van der Waals surface area contributed by atoms with Gasteiger partial charge in [0.05, 0.1) is 12.8 Å². The van der Waals surface area contributed by atoms with Gasteiger partial charge in [0.1, 0.15) is 5.75 Å². The van der Waals surface area contributed by atoms with Gasteiger partial charge in [-0.05, 0) is 30.4 Å². The summed E-state index contributed by atoms with van der Waals surface area (Å²) in [5, 5.41) is 8.20. The van der Waals surface area contributed by atoms with Crippen molar-refractivity contribution < 1.29 is 4.74 Å². The van der Waals surface area contributed by atoms with Crippen LogP contribution in [0.25, 0.3) is 0 Å². The Morgan fingerprint density at radius 3 is 2.84 bits per heavy atom. The summed E-state index contributed by atoms with van der Waals surface area (Å²) in [7, 11) is 7.64. The maximum absolute atomic E-state index is 5.37. The average molecular weight is 540 g/mol. The average Bonchev–Trinajstić information content (AvgIpc) is 3.35. The lowest BCUT2D eigenvalue weighted by Gasteiger charge is -2.24. The lowest BCUT2D eigenvalue weighted by Crippen LogP contribution is -2.41. The molecule has 2 aromatic rings. The van der Waals surface area contributed by atoms with E-state index in [1.54, 1.807) is 7.11 Å². The normalized spacial score (nSPS) is 16.4. The van der Waals surface area contributed by atoms with Crippen LogP contribution in [0.3, 0.4) is 0 Å². The van der Waals surface area contributed by atoms with E-state index in [9.17, 15) is 0 Å². The topological polar surface area (TPSA) is 57.9 Å². The molecule has 1 N–H and O–H groups in total. The van der Waals surface area contributed by atoms with Crippen molar-refractivity contribution in [3.05, 3.63) is 41.7 Å². The van der Waals surface area contributed by atoms with E-state index in [0.717, 1.165) is 43.6 Å². The third-order valence-corrected chi connectivity index (χ3v) is 5.72. The van der Waals surface area contributed by atoms with Gasteiger partial charge < -0.3 is 19.9 Å². The molecule has 0 amide bonds. The summed E-state index contributed by atoms with van der Waals surface area (Å²) in [5.41, 5.74) is 3.64. The highest BCUT2D eigenvalue weighted by molar-refractivity contribution is 14.0. The van der Waals surface area contributed by atoms with Gasteiger partial charge in [0, 0.05) is 70.8 Å². The molecule has 31 heavy (non-hydrogen) atoms. The SMILES string of the molecule is CN=C(NCC1CCN(c2cccc(OC)c2)C1)N(C)Cc1cn(C)nc1C(C)C.I. The number of aryl methyl sites for hydroxylation is 1. The minimum atomic E-state index is 0. The fraction of sp³-hybridized carbons (Fsp3) is 0.565. The van der Waals surface area contributed by atoms with Gasteiger partial charge in [0.15, 0.2) is 5.96 Å². The van der Waals surface area contributed by atoms with Crippen LogP contribution in [0.4, 0.5) is 5.69 Å². The first-order valence-corrected chi connectivity index (χ1v) is 10.7. The van der Waals surface area contributed by atoms with Gasteiger partial charge in [-0.2, -0.15) is 5.10 Å². The zero-order valence-corrected chi connectivity index (χ0v) is 22.0. The van der Waals surface area contributed by atoms with Gasteiger partial charge >= 0.3 is 0 Å². The summed E-state index contributed by atoms with van der Waals surface area (Å²) in [6.45, 7) is 8.20. The number of anilines is 1. The molecule has 0 spiro atoms. The van der Waals surface area contributed by atoms with Gasteiger partial charge in [-0.1, -0.05) is 19.9 Å². The van der Waals surface area contributed by atoms with Crippen LogP contribution in [0.1, 0.15) is 37.4 Å². The van der Waals surface area contributed by atoms with E-state index in [2.05, 4.69) is 70.5 Å². The van der Waals surface area contributed by atoms with Crippen LogP contribution in [-0.4, -0.2) is 61.5 Å². The highest BCUT2D eigenvalue weighted by Crippen LogP contribution is 2.26. The number of ether oxygens (including phenoxy) is 1. The van der Waals surface area contributed by atoms with Crippen molar-refractivity contribution in [2.24, 2.45) is 18.0 Å². The first-order valence-electron chi connectivity index (χ1n) is 10.7. The number of aliphatic imine (C=N–C) groups is 1. The summed E-state index contributed by atoms with van der Waals surface area (Å²) in [6, 6.07) is 8.32. The van der Waals surface area contributed by atoms with Gasteiger partial charge in [-0.25, -0.2) is 0 Å². The molecule has 1 aliphatic heterocycles. The summed E-state index contributed by atoms with van der Waals surface area (Å²) in [4.78, 5) is 9.12. The van der Waals surface area contributed by atoms with Crippen LogP contribution in [-0.2, 0) is 13.6 Å². The van der Waals surface area contributed by atoms with E-state index < -0.39 is 0 Å². The van der Waals surface area contributed by atoms with Crippen molar-refractivity contribution in [3.8, 4) is 5.75 Å². The monoisotopic (exact) mass is 540 g/mol. The predicted octanol–water partition coefficient (Wildman–Crippen LogP) is 3.70.